The van der Waals surface area contributed by atoms with Crippen LogP contribution in [-0.4, -0.2) is 56.7 Å². The third kappa shape index (κ3) is 1.93. The molecule has 0 unspecified atom stereocenters. The van der Waals surface area contributed by atoms with Crippen LogP contribution in [0.3, 0.4) is 0 Å². The molecule has 1 aliphatic rings. The van der Waals surface area contributed by atoms with Gasteiger partial charge in [-0.2, -0.15) is 0 Å². The van der Waals surface area contributed by atoms with Crippen molar-refractivity contribution in [1.82, 2.24) is 0 Å². The standard InChI is InChI=1S/C12H16O6/c13-6-8-9(14)12(17,10(15)11(16)18-8)7-4-2-1-3-5-7/h1-5,8-11,13-17H,6H2/t8-,9-,10+,11-,12-/m1/s1. The van der Waals surface area contributed by atoms with Crippen LogP contribution in [0.2, 0.25) is 0 Å². The van der Waals surface area contributed by atoms with Gasteiger partial charge in [-0.1, -0.05) is 30.3 Å². The minimum Gasteiger partial charge on any atom is -0.394 e. The number of benzene rings is 1. The highest BCUT2D eigenvalue weighted by Gasteiger charge is 2.55. The Morgan fingerprint density at radius 1 is 1.06 bits per heavy atom. The lowest BCUT2D eigenvalue weighted by molar-refractivity contribution is -0.326. The summed E-state index contributed by atoms with van der Waals surface area (Å²) >= 11 is 0. The summed E-state index contributed by atoms with van der Waals surface area (Å²) in [7, 11) is 0. The Kier molecular flexibility index (Phi) is 3.67. The maximum Gasteiger partial charge on any atom is 0.184 e. The number of hydrogen-bond acceptors (Lipinski definition) is 6. The van der Waals surface area contributed by atoms with Crippen LogP contribution in [0.25, 0.3) is 0 Å². The van der Waals surface area contributed by atoms with Crippen LogP contribution in [-0.2, 0) is 10.3 Å². The predicted molar refractivity (Wildman–Crippen MR) is 60.3 cm³/mol. The first-order valence-corrected chi connectivity index (χ1v) is 5.60. The zero-order chi connectivity index (χ0) is 13.3. The van der Waals surface area contributed by atoms with Gasteiger partial charge in [-0.15, -0.1) is 0 Å². The summed E-state index contributed by atoms with van der Waals surface area (Å²) in [5, 5.41) is 49.0. The van der Waals surface area contributed by atoms with Gasteiger partial charge < -0.3 is 30.3 Å². The fourth-order valence-electron chi connectivity index (χ4n) is 2.19. The quantitative estimate of drug-likeness (QED) is 0.431. The smallest absolute Gasteiger partial charge is 0.184 e. The first kappa shape index (κ1) is 13.4. The Labute approximate surface area is 104 Å². The van der Waals surface area contributed by atoms with E-state index < -0.39 is 36.8 Å². The molecule has 0 amide bonds. The van der Waals surface area contributed by atoms with Crippen LogP contribution in [0, 0.1) is 0 Å². The van der Waals surface area contributed by atoms with E-state index in [9.17, 15) is 20.4 Å². The molecule has 0 saturated carbocycles. The topological polar surface area (TPSA) is 110 Å². The first-order chi connectivity index (χ1) is 8.51. The Morgan fingerprint density at radius 2 is 1.67 bits per heavy atom. The van der Waals surface area contributed by atoms with Gasteiger partial charge in [0.25, 0.3) is 0 Å². The zero-order valence-corrected chi connectivity index (χ0v) is 9.55. The summed E-state index contributed by atoms with van der Waals surface area (Å²) in [4.78, 5) is 0. The normalized spacial score (nSPS) is 40.7. The van der Waals surface area contributed by atoms with E-state index in [0.29, 0.717) is 0 Å². The van der Waals surface area contributed by atoms with Gasteiger partial charge in [0, 0.05) is 0 Å². The molecule has 18 heavy (non-hydrogen) atoms. The summed E-state index contributed by atoms with van der Waals surface area (Å²) < 4.78 is 4.82. The largest absolute Gasteiger partial charge is 0.394 e. The summed E-state index contributed by atoms with van der Waals surface area (Å²) in [6, 6.07) is 7.99. The molecule has 6 heteroatoms. The summed E-state index contributed by atoms with van der Waals surface area (Å²) in [6.45, 7) is -0.583. The lowest BCUT2D eigenvalue weighted by Gasteiger charge is -2.46. The van der Waals surface area contributed by atoms with E-state index in [1.807, 2.05) is 0 Å². The molecule has 0 spiro atoms. The average molecular weight is 256 g/mol. The highest BCUT2D eigenvalue weighted by Crippen LogP contribution is 2.37. The molecule has 1 fully saturated rings. The van der Waals surface area contributed by atoms with Gasteiger partial charge in [-0.05, 0) is 5.56 Å². The van der Waals surface area contributed by atoms with Gasteiger partial charge in [0.1, 0.15) is 23.9 Å². The molecule has 5 N–H and O–H groups in total. The molecule has 1 aromatic carbocycles. The van der Waals surface area contributed by atoms with Crippen molar-refractivity contribution in [3.8, 4) is 0 Å². The van der Waals surface area contributed by atoms with E-state index in [-0.39, 0.29) is 5.56 Å². The Balaban J connectivity index is 2.43. The molecular weight excluding hydrogens is 240 g/mol. The van der Waals surface area contributed by atoms with Crippen molar-refractivity contribution in [2.45, 2.75) is 30.2 Å². The van der Waals surface area contributed by atoms with Crippen LogP contribution >= 0.6 is 0 Å². The fraction of sp³-hybridized carbons (Fsp3) is 0.500. The van der Waals surface area contributed by atoms with E-state index in [1.165, 1.54) is 12.1 Å². The summed E-state index contributed by atoms with van der Waals surface area (Å²) in [6.07, 6.45) is -6.12. The van der Waals surface area contributed by atoms with E-state index in [4.69, 9.17) is 9.84 Å². The van der Waals surface area contributed by atoms with Crippen LogP contribution < -0.4 is 0 Å². The van der Waals surface area contributed by atoms with Crippen LogP contribution in [0.15, 0.2) is 30.3 Å². The summed E-state index contributed by atoms with van der Waals surface area (Å²) in [5.74, 6) is 0. The maximum absolute atomic E-state index is 10.5. The lowest BCUT2D eigenvalue weighted by atomic mass is 9.78. The SMILES string of the molecule is OC[C@H]1O[C@@H](O)[C@H](O)[C@@](O)(c2ccccc2)[C@@H]1O. The number of aliphatic hydroxyl groups excluding tert-OH is 4. The maximum atomic E-state index is 10.5. The van der Waals surface area contributed by atoms with Crippen molar-refractivity contribution in [2.24, 2.45) is 0 Å². The van der Waals surface area contributed by atoms with E-state index >= 15 is 0 Å². The molecule has 0 bridgehead atoms. The first-order valence-electron chi connectivity index (χ1n) is 5.60. The molecule has 100 valence electrons. The third-order valence-electron chi connectivity index (χ3n) is 3.25. The summed E-state index contributed by atoms with van der Waals surface area (Å²) in [5.41, 5.74) is -1.85. The van der Waals surface area contributed by atoms with Crippen LogP contribution in [0.4, 0.5) is 0 Å². The van der Waals surface area contributed by atoms with Crippen molar-refractivity contribution in [2.75, 3.05) is 6.61 Å². The molecular formula is C12H16O6. The monoisotopic (exact) mass is 256 g/mol. The fourth-order valence-corrected chi connectivity index (χ4v) is 2.19. The van der Waals surface area contributed by atoms with Crippen molar-refractivity contribution in [3.63, 3.8) is 0 Å². The number of ether oxygens (including phenoxy) is 1. The zero-order valence-electron chi connectivity index (χ0n) is 9.55. The van der Waals surface area contributed by atoms with E-state index in [2.05, 4.69) is 0 Å². The van der Waals surface area contributed by atoms with Crippen molar-refractivity contribution in [1.29, 1.82) is 0 Å². The van der Waals surface area contributed by atoms with Gasteiger partial charge in [0.05, 0.1) is 6.61 Å². The van der Waals surface area contributed by atoms with E-state index in [0.717, 1.165) is 0 Å². The van der Waals surface area contributed by atoms with Gasteiger partial charge in [-0.25, -0.2) is 0 Å². The number of aliphatic hydroxyl groups is 5. The van der Waals surface area contributed by atoms with E-state index in [1.54, 1.807) is 18.2 Å². The minimum atomic E-state index is -2.09. The minimum absolute atomic E-state index is 0.241. The number of hydrogen-bond donors (Lipinski definition) is 5. The second-order valence-corrected chi connectivity index (χ2v) is 4.33. The van der Waals surface area contributed by atoms with Crippen LogP contribution in [0.5, 0.6) is 0 Å². The molecule has 0 radical (unpaired) electrons. The molecule has 6 nitrogen and oxygen atoms in total. The van der Waals surface area contributed by atoms with Crippen molar-refractivity contribution >= 4 is 0 Å². The lowest BCUT2D eigenvalue weighted by Crippen LogP contribution is -2.65. The van der Waals surface area contributed by atoms with Crippen molar-refractivity contribution in [3.05, 3.63) is 35.9 Å². The van der Waals surface area contributed by atoms with Gasteiger partial charge >= 0.3 is 0 Å². The average Bonchev–Trinajstić information content (AvgIpc) is 2.41. The molecule has 1 heterocycles. The predicted octanol–water partition coefficient (Wildman–Crippen LogP) is -1.69. The molecule has 0 aromatic heterocycles. The molecule has 2 rings (SSSR count). The third-order valence-corrected chi connectivity index (χ3v) is 3.25. The highest BCUT2D eigenvalue weighted by atomic mass is 16.6. The number of rotatable bonds is 2. The molecule has 1 aliphatic heterocycles. The van der Waals surface area contributed by atoms with Gasteiger partial charge in [0.2, 0.25) is 0 Å². The second-order valence-electron chi connectivity index (χ2n) is 4.33. The van der Waals surface area contributed by atoms with Crippen molar-refractivity contribution < 1.29 is 30.3 Å². The molecule has 0 aliphatic carbocycles. The molecule has 1 saturated heterocycles. The molecule has 1 aromatic rings. The van der Waals surface area contributed by atoms with Gasteiger partial charge in [-0.3, -0.25) is 0 Å². The Hall–Kier alpha value is -1.02. The second kappa shape index (κ2) is 4.93. The molecule has 5 atom stereocenters. The van der Waals surface area contributed by atoms with Gasteiger partial charge in [0.15, 0.2) is 6.29 Å². The van der Waals surface area contributed by atoms with Crippen LogP contribution in [0.1, 0.15) is 5.56 Å². The highest BCUT2D eigenvalue weighted by molar-refractivity contribution is 5.27. The Bertz CT molecular complexity index is 397. The Morgan fingerprint density at radius 3 is 2.22 bits per heavy atom.